The standard InChI is InChI=1S/C10H7Br2NOS2/c1-13-5-3-7(12)16-9(5)8-4(10(13)14)2-6(11)15-8/h2,7H,3H2,1H3. The minimum absolute atomic E-state index is 0.109. The minimum atomic E-state index is 0.109. The van der Waals surface area contributed by atoms with Crippen molar-refractivity contribution in [3.63, 3.8) is 0 Å². The van der Waals surface area contributed by atoms with Crippen LogP contribution in [0.1, 0.15) is 5.69 Å². The lowest BCUT2D eigenvalue weighted by molar-refractivity contribution is 0.780. The van der Waals surface area contributed by atoms with Crippen molar-refractivity contribution in [3.05, 3.63) is 25.9 Å². The second-order valence-electron chi connectivity index (χ2n) is 3.67. The third-order valence-corrected chi connectivity index (χ3v) is 6.48. The van der Waals surface area contributed by atoms with Crippen LogP contribution in [0.25, 0.3) is 10.1 Å². The minimum Gasteiger partial charge on any atom is -0.314 e. The quantitative estimate of drug-likeness (QED) is 0.649. The SMILES string of the molecule is Cn1c2c(c3sc(Br)cc3c1=O)SC(Br)C2. The Morgan fingerprint density at radius 2 is 2.31 bits per heavy atom. The first-order valence-corrected chi connectivity index (χ1v) is 8.10. The van der Waals surface area contributed by atoms with Crippen molar-refractivity contribution < 1.29 is 0 Å². The summed E-state index contributed by atoms with van der Waals surface area (Å²) in [5.74, 6) is 0. The van der Waals surface area contributed by atoms with Crippen molar-refractivity contribution in [1.82, 2.24) is 4.57 Å². The highest BCUT2D eigenvalue weighted by Crippen LogP contribution is 2.45. The van der Waals surface area contributed by atoms with Crippen molar-refractivity contribution >= 4 is 65.0 Å². The Morgan fingerprint density at radius 3 is 3.06 bits per heavy atom. The maximum Gasteiger partial charge on any atom is 0.259 e. The summed E-state index contributed by atoms with van der Waals surface area (Å²) in [6.45, 7) is 0. The number of fused-ring (bicyclic) bond motifs is 3. The number of rotatable bonds is 0. The van der Waals surface area contributed by atoms with Crippen LogP contribution in [-0.4, -0.2) is 8.73 Å². The normalized spacial score (nSPS) is 19.3. The van der Waals surface area contributed by atoms with Gasteiger partial charge in [0, 0.05) is 24.1 Å². The molecule has 1 unspecified atom stereocenters. The van der Waals surface area contributed by atoms with Crippen LogP contribution in [0.2, 0.25) is 0 Å². The third kappa shape index (κ3) is 1.54. The molecule has 84 valence electrons. The molecule has 2 aromatic rings. The summed E-state index contributed by atoms with van der Waals surface area (Å²) in [7, 11) is 1.86. The molecule has 1 aliphatic rings. The Labute approximate surface area is 117 Å². The lowest BCUT2D eigenvalue weighted by Crippen LogP contribution is -2.19. The average Bonchev–Trinajstić information content (AvgIpc) is 2.78. The molecule has 0 fully saturated rings. The van der Waals surface area contributed by atoms with Crippen LogP contribution >= 0.6 is 55.0 Å². The molecule has 2 aromatic heterocycles. The summed E-state index contributed by atoms with van der Waals surface area (Å²) < 4.78 is 4.31. The zero-order chi connectivity index (χ0) is 11.4. The van der Waals surface area contributed by atoms with Gasteiger partial charge in [-0.05, 0) is 22.0 Å². The fraction of sp³-hybridized carbons (Fsp3) is 0.300. The largest absolute Gasteiger partial charge is 0.314 e. The van der Waals surface area contributed by atoms with Gasteiger partial charge in [0.1, 0.15) is 0 Å². The number of nitrogens with zero attached hydrogens (tertiary/aromatic N) is 1. The van der Waals surface area contributed by atoms with E-state index in [1.165, 1.54) is 4.90 Å². The summed E-state index contributed by atoms with van der Waals surface area (Å²) >= 11 is 10.5. The number of thioether (sulfide) groups is 1. The van der Waals surface area contributed by atoms with Gasteiger partial charge < -0.3 is 4.57 Å². The molecule has 0 radical (unpaired) electrons. The summed E-state index contributed by atoms with van der Waals surface area (Å²) in [5.41, 5.74) is 1.26. The van der Waals surface area contributed by atoms with E-state index in [1.54, 1.807) is 27.7 Å². The highest BCUT2D eigenvalue weighted by molar-refractivity contribution is 9.11. The molecule has 0 aliphatic carbocycles. The smallest absolute Gasteiger partial charge is 0.259 e. The Morgan fingerprint density at radius 1 is 1.56 bits per heavy atom. The van der Waals surface area contributed by atoms with Gasteiger partial charge in [0.15, 0.2) is 0 Å². The molecule has 6 heteroatoms. The van der Waals surface area contributed by atoms with Crippen molar-refractivity contribution in [2.24, 2.45) is 7.05 Å². The third-order valence-electron chi connectivity index (χ3n) is 2.71. The van der Waals surface area contributed by atoms with E-state index >= 15 is 0 Å². The van der Waals surface area contributed by atoms with E-state index in [0.717, 1.165) is 26.0 Å². The maximum absolute atomic E-state index is 12.1. The molecule has 0 aromatic carbocycles. The monoisotopic (exact) mass is 379 g/mol. The van der Waals surface area contributed by atoms with Crippen molar-refractivity contribution in [3.8, 4) is 0 Å². The van der Waals surface area contributed by atoms with Gasteiger partial charge >= 0.3 is 0 Å². The number of alkyl halides is 1. The van der Waals surface area contributed by atoms with E-state index < -0.39 is 0 Å². The van der Waals surface area contributed by atoms with E-state index in [9.17, 15) is 4.79 Å². The van der Waals surface area contributed by atoms with Crippen LogP contribution in [0.5, 0.6) is 0 Å². The van der Waals surface area contributed by atoms with Gasteiger partial charge in [-0.1, -0.05) is 15.9 Å². The molecule has 3 rings (SSSR count). The first-order chi connectivity index (χ1) is 7.58. The zero-order valence-electron chi connectivity index (χ0n) is 8.29. The predicted octanol–water partition coefficient (Wildman–Crippen LogP) is 3.73. The molecule has 0 saturated carbocycles. The number of aromatic nitrogens is 1. The Kier molecular flexibility index (Phi) is 2.73. The predicted molar refractivity (Wildman–Crippen MR) is 77.0 cm³/mol. The molecular formula is C10H7Br2NOS2. The lowest BCUT2D eigenvalue weighted by Gasteiger charge is -2.06. The number of halogens is 2. The molecule has 1 aliphatic heterocycles. The molecule has 0 saturated heterocycles. The number of pyridine rings is 1. The van der Waals surface area contributed by atoms with Gasteiger partial charge in [-0.25, -0.2) is 0 Å². The summed E-state index contributed by atoms with van der Waals surface area (Å²) in [6, 6.07) is 1.92. The summed E-state index contributed by atoms with van der Waals surface area (Å²) in [6.07, 6.45) is 0.914. The molecule has 16 heavy (non-hydrogen) atoms. The van der Waals surface area contributed by atoms with Gasteiger partial charge in [0.2, 0.25) is 0 Å². The van der Waals surface area contributed by atoms with Gasteiger partial charge in [0.25, 0.3) is 5.56 Å². The topological polar surface area (TPSA) is 22.0 Å². The first kappa shape index (κ1) is 11.3. The van der Waals surface area contributed by atoms with Gasteiger partial charge in [-0.2, -0.15) is 0 Å². The Hall–Kier alpha value is 0.220. The highest BCUT2D eigenvalue weighted by Gasteiger charge is 2.26. The zero-order valence-corrected chi connectivity index (χ0v) is 13.1. The summed E-state index contributed by atoms with van der Waals surface area (Å²) in [5, 5.41) is 0.826. The van der Waals surface area contributed by atoms with Crippen molar-refractivity contribution in [2.45, 2.75) is 15.5 Å². The highest BCUT2D eigenvalue weighted by atomic mass is 79.9. The lowest BCUT2D eigenvalue weighted by atomic mass is 10.2. The van der Waals surface area contributed by atoms with Crippen molar-refractivity contribution in [1.29, 1.82) is 0 Å². The molecule has 0 amide bonds. The van der Waals surface area contributed by atoms with Crippen LogP contribution in [0.15, 0.2) is 19.5 Å². The molecule has 3 heterocycles. The van der Waals surface area contributed by atoms with Crippen LogP contribution in [0, 0.1) is 0 Å². The van der Waals surface area contributed by atoms with Gasteiger partial charge in [-0.15, -0.1) is 23.1 Å². The second kappa shape index (κ2) is 3.86. The summed E-state index contributed by atoms with van der Waals surface area (Å²) in [4.78, 5) is 13.4. The van der Waals surface area contributed by atoms with E-state index in [1.807, 2.05) is 13.1 Å². The number of hydrogen-bond donors (Lipinski definition) is 0. The Balaban J connectivity index is 2.48. The fourth-order valence-electron chi connectivity index (χ4n) is 1.95. The van der Waals surface area contributed by atoms with E-state index in [4.69, 9.17) is 0 Å². The molecule has 0 N–H and O–H groups in total. The first-order valence-electron chi connectivity index (χ1n) is 4.69. The van der Waals surface area contributed by atoms with E-state index in [2.05, 4.69) is 31.9 Å². The number of hydrogen-bond acceptors (Lipinski definition) is 3. The molecule has 1 atom stereocenters. The van der Waals surface area contributed by atoms with Crippen molar-refractivity contribution in [2.75, 3.05) is 0 Å². The van der Waals surface area contributed by atoms with E-state index in [0.29, 0.717) is 4.16 Å². The second-order valence-corrected chi connectivity index (χ2v) is 9.02. The van der Waals surface area contributed by atoms with Gasteiger partial charge in [0.05, 0.1) is 18.0 Å². The fourth-order valence-corrected chi connectivity index (χ4v) is 5.71. The van der Waals surface area contributed by atoms with Crippen LogP contribution in [-0.2, 0) is 13.5 Å². The van der Waals surface area contributed by atoms with Crippen LogP contribution in [0.4, 0.5) is 0 Å². The average molecular weight is 381 g/mol. The van der Waals surface area contributed by atoms with Crippen LogP contribution < -0.4 is 5.56 Å². The molecular weight excluding hydrogens is 374 g/mol. The molecule has 2 nitrogen and oxygen atoms in total. The van der Waals surface area contributed by atoms with Gasteiger partial charge in [-0.3, -0.25) is 4.79 Å². The molecule has 0 spiro atoms. The number of thiophene rings is 1. The maximum atomic E-state index is 12.1. The van der Waals surface area contributed by atoms with E-state index in [-0.39, 0.29) is 5.56 Å². The van der Waals surface area contributed by atoms with Crippen LogP contribution in [0.3, 0.4) is 0 Å². The Bertz CT molecular complexity index is 646. The molecule has 0 bridgehead atoms.